The monoisotopic (exact) mass is 434 g/mol. The zero-order valence-electron chi connectivity index (χ0n) is 18.2. The Morgan fingerprint density at radius 3 is 2.81 bits per heavy atom. The molecule has 3 aromatic heterocycles. The van der Waals surface area contributed by atoms with Crippen molar-refractivity contribution in [3.05, 3.63) is 29.3 Å². The second kappa shape index (κ2) is 7.93. The number of carbonyl (C=O) groups excluding carboxylic acids is 1. The number of H-pyrrole nitrogens is 1. The van der Waals surface area contributed by atoms with E-state index in [2.05, 4.69) is 53.7 Å². The number of fused-ring (bicyclic) bond motifs is 1. The SMILES string of the molecule is Cc1cc(NC(=O)c2c(C#CCN3CCOCC3)n(C3(C)CC3)c3ncnc(N)c23)n[nH]1. The van der Waals surface area contributed by atoms with Crippen LogP contribution in [0.3, 0.4) is 0 Å². The first-order valence-corrected chi connectivity index (χ1v) is 10.7. The van der Waals surface area contributed by atoms with Gasteiger partial charge in [-0.15, -0.1) is 0 Å². The number of ether oxygens (including phenoxy) is 1. The van der Waals surface area contributed by atoms with E-state index in [-0.39, 0.29) is 17.3 Å². The van der Waals surface area contributed by atoms with Crippen LogP contribution < -0.4 is 11.1 Å². The van der Waals surface area contributed by atoms with Crippen LogP contribution in [0, 0.1) is 18.8 Å². The van der Waals surface area contributed by atoms with E-state index < -0.39 is 0 Å². The highest BCUT2D eigenvalue weighted by molar-refractivity contribution is 6.16. The summed E-state index contributed by atoms with van der Waals surface area (Å²) in [6.07, 6.45) is 3.40. The Morgan fingerprint density at radius 2 is 2.12 bits per heavy atom. The maximum absolute atomic E-state index is 13.5. The van der Waals surface area contributed by atoms with Gasteiger partial charge in [0, 0.05) is 30.4 Å². The Balaban J connectivity index is 1.62. The van der Waals surface area contributed by atoms with Crippen molar-refractivity contribution in [1.29, 1.82) is 0 Å². The Morgan fingerprint density at radius 1 is 1.34 bits per heavy atom. The average Bonchev–Trinajstić information content (AvgIpc) is 3.22. The summed E-state index contributed by atoms with van der Waals surface area (Å²) in [6, 6.07) is 1.77. The van der Waals surface area contributed by atoms with Crippen LogP contribution in [-0.2, 0) is 10.3 Å². The van der Waals surface area contributed by atoms with Gasteiger partial charge >= 0.3 is 0 Å². The van der Waals surface area contributed by atoms with E-state index in [4.69, 9.17) is 10.5 Å². The van der Waals surface area contributed by atoms with Gasteiger partial charge in [-0.3, -0.25) is 14.8 Å². The van der Waals surface area contributed by atoms with E-state index in [1.54, 1.807) is 6.07 Å². The molecule has 0 unspecified atom stereocenters. The Hall–Kier alpha value is -3.42. The minimum atomic E-state index is -0.332. The number of nitrogens with one attached hydrogen (secondary N) is 2. The maximum atomic E-state index is 13.5. The average molecular weight is 435 g/mol. The number of hydrogen-bond donors (Lipinski definition) is 3. The van der Waals surface area contributed by atoms with Gasteiger partial charge in [0.05, 0.1) is 30.7 Å². The number of aromatic amines is 1. The molecular formula is C22H26N8O2. The van der Waals surface area contributed by atoms with Crippen LogP contribution in [0.25, 0.3) is 11.0 Å². The third-order valence-electron chi connectivity index (χ3n) is 6.08. The molecular weight excluding hydrogens is 408 g/mol. The Labute approximate surface area is 185 Å². The number of hydrogen-bond acceptors (Lipinski definition) is 7. The van der Waals surface area contributed by atoms with Gasteiger partial charge in [-0.25, -0.2) is 9.97 Å². The first-order valence-electron chi connectivity index (χ1n) is 10.7. The number of carbonyl (C=O) groups is 1. The van der Waals surface area contributed by atoms with Crippen molar-refractivity contribution in [2.24, 2.45) is 0 Å². The van der Waals surface area contributed by atoms with Crippen molar-refractivity contribution in [1.82, 2.24) is 29.6 Å². The van der Waals surface area contributed by atoms with Crippen molar-refractivity contribution in [3.63, 3.8) is 0 Å². The van der Waals surface area contributed by atoms with Gasteiger partial charge in [-0.1, -0.05) is 5.92 Å². The van der Waals surface area contributed by atoms with Gasteiger partial charge in [-0.2, -0.15) is 5.10 Å². The number of amides is 1. The lowest BCUT2D eigenvalue weighted by Crippen LogP contribution is -2.36. The third-order valence-corrected chi connectivity index (χ3v) is 6.08. The van der Waals surface area contributed by atoms with Crippen molar-refractivity contribution >= 4 is 28.6 Å². The van der Waals surface area contributed by atoms with Crippen LogP contribution in [0.1, 0.15) is 41.5 Å². The summed E-state index contributed by atoms with van der Waals surface area (Å²) >= 11 is 0. The van der Waals surface area contributed by atoms with E-state index in [0.29, 0.717) is 47.9 Å². The lowest BCUT2D eigenvalue weighted by atomic mass is 10.1. The van der Waals surface area contributed by atoms with E-state index in [1.807, 2.05) is 6.92 Å². The molecule has 166 valence electrons. The van der Waals surface area contributed by atoms with Crippen molar-refractivity contribution < 1.29 is 9.53 Å². The largest absolute Gasteiger partial charge is 0.383 e. The number of anilines is 2. The predicted molar refractivity (Wildman–Crippen MR) is 120 cm³/mol. The molecule has 0 aromatic carbocycles. The van der Waals surface area contributed by atoms with E-state index >= 15 is 0 Å². The van der Waals surface area contributed by atoms with Crippen LogP contribution in [0.2, 0.25) is 0 Å². The molecule has 10 heteroatoms. The van der Waals surface area contributed by atoms with Crippen molar-refractivity contribution in [3.8, 4) is 11.8 Å². The van der Waals surface area contributed by atoms with Crippen LogP contribution in [-0.4, -0.2) is 68.4 Å². The van der Waals surface area contributed by atoms with Crippen molar-refractivity contribution in [2.45, 2.75) is 32.2 Å². The van der Waals surface area contributed by atoms with Gasteiger partial charge in [0.15, 0.2) is 5.82 Å². The minimum Gasteiger partial charge on any atom is -0.383 e. The fraction of sp³-hybridized carbons (Fsp3) is 0.455. The molecule has 1 aliphatic heterocycles. The molecule has 0 bridgehead atoms. The first kappa shape index (κ1) is 20.5. The van der Waals surface area contributed by atoms with Gasteiger partial charge in [0.1, 0.15) is 23.5 Å². The molecule has 5 rings (SSSR count). The van der Waals surface area contributed by atoms with E-state index in [0.717, 1.165) is 31.6 Å². The zero-order valence-corrected chi connectivity index (χ0v) is 18.2. The number of nitrogens with zero attached hydrogens (tertiary/aromatic N) is 5. The maximum Gasteiger partial charge on any atom is 0.260 e. The molecule has 32 heavy (non-hydrogen) atoms. The number of nitrogens with two attached hydrogens (primary N) is 1. The lowest BCUT2D eigenvalue weighted by Gasteiger charge is -2.24. The summed E-state index contributed by atoms with van der Waals surface area (Å²) < 4.78 is 7.48. The molecule has 0 spiro atoms. The number of rotatable bonds is 4. The molecule has 4 heterocycles. The van der Waals surface area contributed by atoms with E-state index in [9.17, 15) is 4.79 Å². The standard InChI is InChI=1S/C22H26N8O2/c1-14-12-16(28-27-14)26-21(31)17-15(4-3-7-29-8-10-32-11-9-29)30(22(2)5-6-22)20-18(17)19(23)24-13-25-20/h12-13H,5-11H2,1-2H3,(H2,23,24,25)(H2,26,27,28,31). The molecule has 2 aliphatic rings. The number of aryl methyl sites for hydroxylation is 1. The highest BCUT2D eigenvalue weighted by Gasteiger charge is 2.44. The van der Waals surface area contributed by atoms with Gasteiger partial charge in [-0.05, 0) is 32.6 Å². The Kier molecular flexibility index (Phi) is 5.07. The van der Waals surface area contributed by atoms with Crippen molar-refractivity contribution in [2.75, 3.05) is 43.9 Å². The van der Waals surface area contributed by atoms with E-state index in [1.165, 1.54) is 6.33 Å². The first-order chi connectivity index (χ1) is 15.5. The van der Waals surface area contributed by atoms with Gasteiger partial charge < -0.3 is 20.4 Å². The molecule has 4 N–H and O–H groups in total. The molecule has 3 aromatic rings. The molecule has 1 amide bonds. The van der Waals surface area contributed by atoms with Crippen LogP contribution in [0.5, 0.6) is 0 Å². The fourth-order valence-electron chi connectivity index (χ4n) is 4.06. The van der Waals surface area contributed by atoms with Crippen LogP contribution in [0.4, 0.5) is 11.6 Å². The lowest BCUT2D eigenvalue weighted by molar-refractivity contribution is 0.0443. The highest BCUT2D eigenvalue weighted by Crippen LogP contribution is 2.47. The molecule has 0 atom stereocenters. The second-order valence-electron chi connectivity index (χ2n) is 8.59. The quantitative estimate of drug-likeness (QED) is 0.531. The molecule has 1 aliphatic carbocycles. The second-order valence-corrected chi connectivity index (χ2v) is 8.59. The van der Waals surface area contributed by atoms with Crippen LogP contribution in [0.15, 0.2) is 12.4 Å². The smallest absolute Gasteiger partial charge is 0.260 e. The van der Waals surface area contributed by atoms with Crippen LogP contribution >= 0.6 is 0 Å². The third kappa shape index (κ3) is 3.70. The topological polar surface area (TPSA) is 127 Å². The number of morpholine rings is 1. The molecule has 2 fully saturated rings. The summed E-state index contributed by atoms with van der Waals surface area (Å²) in [4.78, 5) is 24.3. The molecule has 1 saturated heterocycles. The van der Waals surface area contributed by atoms with Gasteiger partial charge in [0.25, 0.3) is 5.91 Å². The number of aromatic nitrogens is 5. The minimum absolute atomic E-state index is 0.149. The zero-order chi connectivity index (χ0) is 22.3. The fourth-order valence-corrected chi connectivity index (χ4v) is 4.06. The number of nitrogen functional groups attached to an aromatic ring is 1. The molecule has 1 saturated carbocycles. The summed E-state index contributed by atoms with van der Waals surface area (Å²) in [5.74, 6) is 6.91. The summed E-state index contributed by atoms with van der Waals surface area (Å²) in [6.45, 7) is 7.74. The Bertz CT molecular complexity index is 1240. The predicted octanol–water partition coefficient (Wildman–Crippen LogP) is 1.49. The molecule has 0 radical (unpaired) electrons. The summed E-state index contributed by atoms with van der Waals surface area (Å²) in [5.41, 5.74) is 8.59. The summed E-state index contributed by atoms with van der Waals surface area (Å²) in [5, 5.41) is 10.4. The summed E-state index contributed by atoms with van der Waals surface area (Å²) in [7, 11) is 0. The van der Waals surface area contributed by atoms with Gasteiger partial charge in [0.2, 0.25) is 0 Å². The highest BCUT2D eigenvalue weighted by atomic mass is 16.5. The normalized spacial score (nSPS) is 17.7. The molecule has 10 nitrogen and oxygen atoms in total.